The van der Waals surface area contributed by atoms with Crippen LogP contribution in [0, 0.1) is 6.92 Å². The molecule has 0 radical (unpaired) electrons. The Labute approximate surface area is 114 Å². The zero-order chi connectivity index (χ0) is 12.5. The normalized spacial score (nSPS) is 10.8. The van der Waals surface area contributed by atoms with Gasteiger partial charge in [0, 0.05) is 10.0 Å². The van der Waals surface area contributed by atoms with E-state index in [9.17, 15) is 0 Å². The van der Waals surface area contributed by atoms with Gasteiger partial charge in [-0.2, -0.15) is 0 Å². The molecule has 0 spiro atoms. The number of halogens is 1. The van der Waals surface area contributed by atoms with Crippen LogP contribution in [0.1, 0.15) is 5.56 Å². The van der Waals surface area contributed by atoms with Crippen LogP contribution in [-0.2, 0) is 0 Å². The Morgan fingerprint density at radius 3 is 2.56 bits per heavy atom. The van der Waals surface area contributed by atoms with E-state index in [1.165, 1.54) is 5.56 Å². The van der Waals surface area contributed by atoms with Crippen molar-refractivity contribution in [2.75, 3.05) is 0 Å². The maximum Gasteiger partial charge on any atom is 0.0904 e. The topological polar surface area (TPSA) is 25.8 Å². The molecule has 2 aromatic carbocycles. The van der Waals surface area contributed by atoms with E-state index in [1.54, 1.807) is 0 Å². The van der Waals surface area contributed by atoms with Gasteiger partial charge in [-0.25, -0.2) is 4.98 Å². The molecule has 3 aromatic rings. The summed E-state index contributed by atoms with van der Waals surface area (Å²) in [6.45, 7) is 2.07. The minimum atomic E-state index is 0.893. The van der Waals surface area contributed by atoms with Crippen molar-refractivity contribution in [3.8, 4) is 11.3 Å². The van der Waals surface area contributed by atoms with Gasteiger partial charge in [-0.3, -0.25) is 4.98 Å². The van der Waals surface area contributed by atoms with Gasteiger partial charge in [0.05, 0.1) is 22.9 Å². The highest BCUT2D eigenvalue weighted by atomic mass is 79.9. The zero-order valence-corrected chi connectivity index (χ0v) is 11.5. The maximum absolute atomic E-state index is 4.65. The van der Waals surface area contributed by atoms with Gasteiger partial charge in [-0.05, 0) is 40.5 Å². The summed E-state index contributed by atoms with van der Waals surface area (Å²) in [5, 5.41) is 0. The average molecular weight is 299 g/mol. The van der Waals surface area contributed by atoms with Crippen molar-refractivity contribution in [1.29, 1.82) is 0 Å². The monoisotopic (exact) mass is 298 g/mol. The van der Waals surface area contributed by atoms with Crippen LogP contribution in [0.15, 0.2) is 53.1 Å². The molecular formula is C15H11BrN2. The summed E-state index contributed by atoms with van der Waals surface area (Å²) in [7, 11) is 0. The number of benzene rings is 2. The predicted octanol–water partition coefficient (Wildman–Crippen LogP) is 4.37. The molecule has 0 N–H and O–H groups in total. The highest BCUT2D eigenvalue weighted by Crippen LogP contribution is 2.29. The van der Waals surface area contributed by atoms with E-state index >= 15 is 0 Å². The highest BCUT2D eigenvalue weighted by molar-refractivity contribution is 9.10. The largest absolute Gasteiger partial charge is 0.252 e. The minimum absolute atomic E-state index is 0.893. The second-order valence-electron chi connectivity index (χ2n) is 4.18. The Bertz CT molecular complexity index is 723. The van der Waals surface area contributed by atoms with E-state index in [0.29, 0.717) is 0 Å². The summed E-state index contributed by atoms with van der Waals surface area (Å²) >= 11 is 3.61. The van der Waals surface area contributed by atoms with Crippen LogP contribution in [0.3, 0.4) is 0 Å². The minimum Gasteiger partial charge on any atom is -0.252 e. The highest BCUT2D eigenvalue weighted by Gasteiger charge is 2.07. The molecule has 3 rings (SSSR count). The molecule has 18 heavy (non-hydrogen) atoms. The number of fused-ring (bicyclic) bond motifs is 1. The number of hydrogen-bond acceptors (Lipinski definition) is 2. The lowest BCUT2D eigenvalue weighted by molar-refractivity contribution is 1.28. The quantitative estimate of drug-likeness (QED) is 0.667. The second kappa shape index (κ2) is 4.50. The van der Waals surface area contributed by atoms with Gasteiger partial charge in [0.2, 0.25) is 0 Å². The Hall–Kier alpha value is -1.74. The van der Waals surface area contributed by atoms with Gasteiger partial charge in [-0.15, -0.1) is 0 Å². The summed E-state index contributed by atoms with van der Waals surface area (Å²) in [5.41, 5.74) is 5.01. The molecule has 0 bridgehead atoms. The van der Waals surface area contributed by atoms with Gasteiger partial charge in [0.15, 0.2) is 0 Å². The lowest BCUT2D eigenvalue weighted by Crippen LogP contribution is -1.90. The fourth-order valence-electron chi connectivity index (χ4n) is 1.93. The van der Waals surface area contributed by atoms with Crippen molar-refractivity contribution in [2.45, 2.75) is 6.92 Å². The van der Waals surface area contributed by atoms with Gasteiger partial charge in [0.1, 0.15) is 0 Å². The van der Waals surface area contributed by atoms with Crippen LogP contribution in [0.25, 0.3) is 22.3 Å². The van der Waals surface area contributed by atoms with Crippen LogP contribution in [0.2, 0.25) is 0 Å². The SMILES string of the molecule is Cc1cccc(-c2cnc3ccccc3n2)c1Br. The van der Waals surface area contributed by atoms with Crippen molar-refractivity contribution in [3.05, 3.63) is 58.7 Å². The Balaban J connectivity index is 2.22. The van der Waals surface area contributed by atoms with Crippen molar-refractivity contribution in [1.82, 2.24) is 9.97 Å². The lowest BCUT2D eigenvalue weighted by Gasteiger charge is -2.07. The van der Waals surface area contributed by atoms with E-state index in [2.05, 4.69) is 45.0 Å². The Morgan fingerprint density at radius 2 is 1.72 bits per heavy atom. The molecule has 0 saturated carbocycles. The third-order valence-electron chi connectivity index (χ3n) is 2.92. The number of aromatic nitrogens is 2. The smallest absolute Gasteiger partial charge is 0.0904 e. The summed E-state index contributed by atoms with van der Waals surface area (Å²) < 4.78 is 1.08. The number of rotatable bonds is 1. The average Bonchev–Trinajstić information content (AvgIpc) is 2.41. The van der Waals surface area contributed by atoms with Crippen molar-refractivity contribution < 1.29 is 0 Å². The number of hydrogen-bond donors (Lipinski definition) is 0. The molecule has 0 saturated heterocycles. The summed E-state index contributed by atoms with van der Waals surface area (Å²) in [4.78, 5) is 9.10. The zero-order valence-electron chi connectivity index (χ0n) is 9.89. The Morgan fingerprint density at radius 1 is 0.944 bits per heavy atom. The van der Waals surface area contributed by atoms with E-state index in [-0.39, 0.29) is 0 Å². The van der Waals surface area contributed by atoms with E-state index < -0.39 is 0 Å². The van der Waals surface area contributed by atoms with Crippen LogP contribution in [-0.4, -0.2) is 9.97 Å². The molecule has 3 heteroatoms. The first-order chi connectivity index (χ1) is 8.75. The number of aryl methyl sites for hydroxylation is 1. The van der Waals surface area contributed by atoms with Crippen molar-refractivity contribution >= 4 is 27.0 Å². The van der Waals surface area contributed by atoms with Gasteiger partial charge >= 0.3 is 0 Å². The third kappa shape index (κ3) is 1.91. The van der Waals surface area contributed by atoms with Gasteiger partial charge < -0.3 is 0 Å². The number of para-hydroxylation sites is 2. The van der Waals surface area contributed by atoms with E-state index in [4.69, 9.17) is 0 Å². The molecule has 0 amide bonds. The molecule has 0 aliphatic rings. The van der Waals surface area contributed by atoms with E-state index in [0.717, 1.165) is 26.8 Å². The van der Waals surface area contributed by atoms with Crippen LogP contribution in [0.4, 0.5) is 0 Å². The van der Waals surface area contributed by atoms with Crippen LogP contribution in [0.5, 0.6) is 0 Å². The fraction of sp³-hybridized carbons (Fsp3) is 0.0667. The lowest BCUT2D eigenvalue weighted by atomic mass is 10.1. The van der Waals surface area contributed by atoms with Gasteiger partial charge in [0.25, 0.3) is 0 Å². The third-order valence-corrected chi connectivity index (χ3v) is 3.97. The van der Waals surface area contributed by atoms with E-state index in [1.807, 2.05) is 36.5 Å². The van der Waals surface area contributed by atoms with Crippen LogP contribution >= 0.6 is 15.9 Å². The molecular weight excluding hydrogens is 288 g/mol. The molecule has 0 unspecified atom stereocenters. The first-order valence-corrected chi connectivity index (χ1v) is 6.52. The molecule has 1 heterocycles. The molecule has 0 fully saturated rings. The van der Waals surface area contributed by atoms with Crippen molar-refractivity contribution in [3.63, 3.8) is 0 Å². The molecule has 0 atom stereocenters. The fourth-order valence-corrected chi connectivity index (χ4v) is 2.40. The summed E-state index contributed by atoms with van der Waals surface area (Å²) in [6.07, 6.45) is 1.82. The predicted molar refractivity (Wildman–Crippen MR) is 77.4 cm³/mol. The molecule has 0 aliphatic carbocycles. The first kappa shape index (κ1) is 11.4. The molecule has 88 valence electrons. The molecule has 0 aliphatic heterocycles. The second-order valence-corrected chi connectivity index (χ2v) is 4.97. The first-order valence-electron chi connectivity index (χ1n) is 5.73. The summed E-state index contributed by atoms with van der Waals surface area (Å²) in [5.74, 6) is 0. The molecule has 2 nitrogen and oxygen atoms in total. The van der Waals surface area contributed by atoms with Gasteiger partial charge in [-0.1, -0.05) is 30.3 Å². The Kier molecular flexibility index (Phi) is 2.84. The standard InChI is InChI=1S/C15H11BrN2/c1-10-5-4-6-11(15(10)16)14-9-17-12-7-2-3-8-13(12)18-14/h2-9H,1H3. The summed E-state index contributed by atoms with van der Waals surface area (Å²) in [6, 6.07) is 14.1. The maximum atomic E-state index is 4.65. The van der Waals surface area contributed by atoms with Crippen molar-refractivity contribution in [2.24, 2.45) is 0 Å². The molecule has 1 aromatic heterocycles. The van der Waals surface area contributed by atoms with Crippen LogP contribution < -0.4 is 0 Å². The number of nitrogens with zero attached hydrogens (tertiary/aromatic N) is 2.